The topological polar surface area (TPSA) is 29.9 Å². The third-order valence-corrected chi connectivity index (χ3v) is 2.39. The Morgan fingerprint density at radius 3 is 2.71 bits per heavy atom. The summed E-state index contributed by atoms with van der Waals surface area (Å²) in [5, 5.41) is 3.32. The van der Waals surface area contributed by atoms with Crippen LogP contribution < -0.4 is 5.32 Å². The fourth-order valence-electron chi connectivity index (χ4n) is 1.51. The molecular weight excluding hydrogens is 210 g/mol. The summed E-state index contributed by atoms with van der Waals surface area (Å²) in [5.74, 6) is 7.51. The third-order valence-electron chi connectivity index (χ3n) is 2.39. The molecule has 0 aliphatic rings. The van der Waals surface area contributed by atoms with Gasteiger partial charge in [-0.3, -0.25) is 0 Å². The molecule has 1 aromatic heterocycles. The summed E-state index contributed by atoms with van der Waals surface area (Å²) >= 11 is 0. The fraction of sp³-hybridized carbons (Fsp3) is 0.643. The van der Waals surface area contributed by atoms with Crippen LogP contribution in [0, 0.1) is 24.2 Å². The van der Waals surface area contributed by atoms with Gasteiger partial charge in [-0.05, 0) is 34.2 Å². The van der Waals surface area contributed by atoms with E-state index in [9.17, 15) is 0 Å². The van der Waals surface area contributed by atoms with Crippen LogP contribution in [0.3, 0.4) is 0 Å². The lowest BCUT2D eigenvalue weighted by atomic mass is 9.98. The maximum Gasteiger partial charge on any atom is 0.106 e. The summed E-state index contributed by atoms with van der Waals surface area (Å²) in [6.07, 6.45) is 1.93. The zero-order valence-electron chi connectivity index (χ0n) is 11.6. The summed E-state index contributed by atoms with van der Waals surface area (Å²) in [5.41, 5.74) is 1.27. The normalized spacial score (nSPS) is 11.1. The van der Waals surface area contributed by atoms with E-state index >= 15 is 0 Å². The standard InChI is InChI=1S/C14H23N3/c1-6-15-10-13-11-16-12(2)17(13)9-7-8-14(3,4)5/h11,15H,6,9-10H2,1-5H3. The minimum Gasteiger partial charge on any atom is -0.319 e. The van der Waals surface area contributed by atoms with Crippen molar-refractivity contribution in [1.82, 2.24) is 14.9 Å². The van der Waals surface area contributed by atoms with Crippen molar-refractivity contribution in [2.75, 3.05) is 6.54 Å². The average Bonchev–Trinajstić information content (AvgIpc) is 2.56. The predicted octanol–water partition coefficient (Wildman–Crippen LogP) is 2.35. The van der Waals surface area contributed by atoms with Crippen molar-refractivity contribution in [2.24, 2.45) is 5.41 Å². The van der Waals surface area contributed by atoms with E-state index in [-0.39, 0.29) is 5.41 Å². The quantitative estimate of drug-likeness (QED) is 0.809. The van der Waals surface area contributed by atoms with Crippen LogP contribution in [0.25, 0.3) is 0 Å². The number of rotatable bonds is 4. The minimum absolute atomic E-state index is 0.0658. The summed E-state index contributed by atoms with van der Waals surface area (Å²) in [6, 6.07) is 0. The van der Waals surface area contributed by atoms with Gasteiger partial charge >= 0.3 is 0 Å². The molecule has 0 aliphatic heterocycles. The Morgan fingerprint density at radius 1 is 1.41 bits per heavy atom. The molecule has 0 saturated carbocycles. The Balaban J connectivity index is 2.75. The maximum atomic E-state index is 4.34. The Morgan fingerprint density at radius 2 is 2.12 bits per heavy atom. The Hall–Kier alpha value is -1.27. The van der Waals surface area contributed by atoms with Crippen molar-refractivity contribution in [1.29, 1.82) is 0 Å². The van der Waals surface area contributed by atoms with Crippen molar-refractivity contribution < 1.29 is 0 Å². The van der Waals surface area contributed by atoms with Crippen molar-refractivity contribution in [3.8, 4) is 11.8 Å². The van der Waals surface area contributed by atoms with Crippen LogP contribution in [0.15, 0.2) is 6.20 Å². The highest BCUT2D eigenvalue weighted by Crippen LogP contribution is 2.10. The van der Waals surface area contributed by atoms with Crippen molar-refractivity contribution in [2.45, 2.75) is 47.7 Å². The van der Waals surface area contributed by atoms with Gasteiger partial charge in [0.15, 0.2) is 0 Å². The van der Waals surface area contributed by atoms with E-state index < -0.39 is 0 Å². The van der Waals surface area contributed by atoms with Crippen LogP contribution in [-0.4, -0.2) is 16.1 Å². The Labute approximate surface area is 105 Å². The van der Waals surface area contributed by atoms with Crippen LogP contribution >= 0.6 is 0 Å². The first-order valence-corrected chi connectivity index (χ1v) is 6.16. The van der Waals surface area contributed by atoms with Gasteiger partial charge in [-0.1, -0.05) is 18.8 Å². The molecule has 1 heterocycles. The largest absolute Gasteiger partial charge is 0.319 e. The molecule has 1 aromatic rings. The Bertz CT molecular complexity index is 413. The summed E-state index contributed by atoms with van der Waals surface area (Å²) in [7, 11) is 0. The molecule has 0 fully saturated rings. The SMILES string of the molecule is CCNCc1cnc(C)n1CC#CC(C)(C)C. The minimum atomic E-state index is 0.0658. The lowest BCUT2D eigenvalue weighted by molar-refractivity contribution is 0.569. The molecule has 0 aromatic carbocycles. The second-order valence-corrected chi connectivity index (χ2v) is 5.22. The number of imidazole rings is 1. The first kappa shape index (κ1) is 13.8. The molecule has 0 amide bonds. The summed E-state index contributed by atoms with van der Waals surface area (Å²) < 4.78 is 2.17. The number of aryl methyl sites for hydroxylation is 1. The van der Waals surface area contributed by atoms with Crippen molar-refractivity contribution in [3.05, 3.63) is 17.7 Å². The first-order chi connectivity index (χ1) is 7.94. The van der Waals surface area contributed by atoms with Gasteiger partial charge in [0.2, 0.25) is 0 Å². The van der Waals surface area contributed by atoms with Gasteiger partial charge < -0.3 is 9.88 Å². The lowest BCUT2D eigenvalue weighted by Crippen LogP contribution is -2.16. The van der Waals surface area contributed by atoms with E-state index in [2.05, 4.69) is 54.4 Å². The number of hydrogen-bond donors (Lipinski definition) is 1. The molecule has 0 unspecified atom stereocenters. The molecule has 94 valence electrons. The average molecular weight is 233 g/mol. The fourth-order valence-corrected chi connectivity index (χ4v) is 1.51. The number of nitrogens with one attached hydrogen (secondary N) is 1. The molecule has 0 atom stereocenters. The monoisotopic (exact) mass is 233 g/mol. The summed E-state index contributed by atoms with van der Waals surface area (Å²) in [6.45, 7) is 13.1. The molecule has 3 nitrogen and oxygen atoms in total. The highest BCUT2D eigenvalue weighted by atomic mass is 15.1. The predicted molar refractivity (Wildman–Crippen MR) is 71.6 cm³/mol. The lowest BCUT2D eigenvalue weighted by Gasteiger charge is -2.09. The van der Waals surface area contributed by atoms with Gasteiger partial charge in [-0.15, -0.1) is 0 Å². The van der Waals surface area contributed by atoms with Crippen LogP contribution in [-0.2, 0) is 13.1 Å². The highest BCUT2D eigenvalue weighted by molar-refractivity contribution is 5.12. The molecule has 0 spiro atoms. The van der Waals surface area contributed by atoms with Gasteiger partial charge in [0.05, 0.1) is 12.2 Å². The van der Waals surface area contributed by atoms with E-state index in [4.69, 9.17) is 0 Å². The third kappa shape index (κ3) is 4.62. The second kappa shape index (κ2) is 5.88. The number of nitrogens with zero attached hydrogens (tertiary/aromatic N) is 2. The van der Waals surface area contributed by atoms with Gasteiger partial charge in [0, 0.05) is 18.2 Å². The molecule has 1 rings (SSSR count). The van der Waals surface area contributed by atoms with Crippen molar-refractivity contribution in [3.63, 3.8) is 0 Å². The van der Waals surface area contributed by atoms with E-state index in [1.165, 1.54) is 5.69 Å². The Kier molecular flexibility index (Phi) is 4.77. The van der Waals surface area contributed by atoms with Gasteiger partial charge in [0.25, 0.3) is 0 Å². The molecule has 0 radical (unpaired) electrons. The van der Waals surface area contributed by atoms with Gasteiger partial charge in [-0.2, -0.15) is 0 Å². The highest BCUT2D eigenvalue weighted by Gasteiger charge is 2.06. The number of aromatic nitrogens is 2. The molecule has 1 N–H and O–H groups in total. The van der Waals surface area contributed by atoms with E-state index in [0.29, 0.717) is 0 Å². The van der Waals surface area contributed by atoms with E-state index in [1.54, 1.807) is 0 Å². The molecule has 0 aliphatic carbocycles. The van der Waals surface area contributed by atoms with Crippen LogP contribution in [0.1, 0.15) is 39.2 Å². The van der Waals surface area contributed by atoms with Gasteiger partial charge in [0.1, 0.15) is 5.82 Å². The molecule has 3 heteroatoms. The van der Waals surface area contributed by atoms with Crippen LogP contribution in [0.4, 0.5) is 0 Å². The molecule has 0 bridgehead atoms. The van der Waals surface area contributed by atoms with Crippen LogP contribution in [0.2, 0.25) is 0 Å². The molecule has 17 heavy (non-hydrogen) atoms. The first-order valence-electron chi connectivity index (χ1n) is 6.16. The summed E-state index contributed by atoms with van der Waals surface area (Å²) in [4.78, 5) is 4.34. The van der Waals surface area contributed by atoms with E-state index in [1.807, 2.05) is 13.1 Å². The zero-order valence-corrected chi connectivity index (χ0v) is 11.6. The van der Waals surface area contributed by atoms with Gasteiger partial charge in [-0.25, -0.2) is 4.98 Å². The maximum absolute atomic E-state index is 4.34. The van der Waals surface area contributed by atoms with Crippen LogP contribution in [0.5, 0.6) is 0 Å². The number of hydrogen-bond acceptors (Lipinski definition) is 2. The molecule has 0 saturated heterocycles. The zero-order chi connectivity index (χ0) is 12.9. The van der Waals surface area contributed by atoms with Crippen molar-refractivity contribution >= 4 is 0 Å². The van der Waals surface area contributed by atoms with E-state index in [0.717, 1.165) is 25.5 Å². The smallest absolute Gasteiger partial charge is 0.106 e. The molecular formula is C14H23N3. The second-order valence-electron chi connectivity index (χ2n) is 5.22.